The molecule has 0 saturated carbocycles. The molecule has 1 aliphatic heterocycles. The van der Waals surface area contributed by atoms with E-state index in [2.05, 4.69) is 106 Å². The van der Waals surface area contributed by atoms with Crippen LogP contribution in [0, 0.1) is 30.2 Å². The lowest BCUT2D eigenvalue weighted by Gasteiger charge is -2.18. The van der Waals surface area contributed by atoms with Gasteiger partial charge in [0.25, 0.3) is 41.4 Å². The van der Waals surface area contributed by atoms with Gasteiger partial charge in [0, 0.05) is 72.9 Å². The highest BCUT2D eigenvalue weighted by molar-refractivity contribution is 7.20. The van der Waals surface area contributed by atoms with Gasteiger partial charge >= 0.3 is 6.18 Å². The number of halogens is 12. The van der Waals surface area contributed by atoms with E-state index in [1.165, 1.54) is 66.1 Å². The molecule has 0 atom stereocenters. The molecule has 1 aliphatic rings. The van der Waals surface area contributed by atoms with Crippen LogP contribution in [-0.2, 0) is 12.6 Å². The molecule has 0 spiro atoms. The molecule has 7 amide bonds. The summed E-state index contributed by atoms with van der Waals surface area (Å²) < 4.78 is 91.0. The summed E-state index contributed by atoms with van der Waals surface area (Å²) in [5, 5.41) is 24.4. The zero-order chi connectivity index (χ0) is 97.9. The van der Waals surface area contributed by atoms with Crippen molar-refractivity contribution in [3.63, 3.8) is 0 Å². The van der Waals surface area contributed by atoms with Crippen molar-refractivity contribution in [2.45, 2.75) is 39.3 Å². The van der Waals surface area contributed by atoms with E-state index in [0.29, 0.717) is 111 Å². The maximum atomic E-state index is 14.2. The number of aromatic nitrogens is 10. The summed E-state index contributed by atoms with van der Waals surface area (Å²) in [4.78, 5) is 123. The van der Waals surface area contributed by atoms with Crippen molar-refractivity contribution in [2.75, 3.05) is 55.2 Å². The number of nitrogens with one attached hydrogen (secondary N) is 10. The van der Waals surface area contributed by atoms with E-state index in [4.69, 9.17) is 58.0 Å². The Hall–Kier alpha value is -15.8. The minimum atomic E-state index is -4.58. The van der Waals surface area contributed by atoms with Gasteiger partial charge < -0.3 is 57.1 Å². The Kier molecular flexibility index (Phi) is 34.3. The van der Waals surface area contributed by atoms with E-state index in [1.54, 1.807) is 109 Å². The number of hydrogen-bond acceptors (Lipinski definition) is 16. The zero-order valence-corrected chi connectivity index (χ0v) is 76.9. The third kappa shape index (κ3) is 28.9. The monoisotopic (exact) mass is 1980 g/mol. The molecule has 18 aromatic rings. The van der Waals surface area contributed by atoms with Gasteiger partial charge in [0.1, 0.15) is 60.2 Å². The molecule has 1 saturated heterocycles. The Bertz CT molecular complexity index is 7120. The first-order valence-electron chi connectivity index (χ1n) is 41.6. The Morgan fingerprint density at radius 1 is 0.355 bits per heavy atom. The van der Waals surface area contributed by atoms with Gasteiger partial charge in [-0.15, -0.1) is 11.3 Å². The molecule has 12 heterocycles. The number of aromatic amines is 3. The smallest absolute Gasteiger partial charge is 0.369 e. The molecule has 19 rings (SSSR count). The third-order valence-corrected chi connectivity index (χ3v) is 22.1. The highest BCUT2D eigenvalue weighted by atomic mass is 35.5. The molecule has 138 heavy (non-hydrogen) atoms. The molecule has 25 nitrogen and oxygen atoms in total. The maximum Gasteiger partial charge on any atom is 0.433 e. The van der Waals surface area contributed by atoms with Crippen LogP contribution >= 0.6 is 69.3 Å². The fraction of sp³-hybridized carbons (Fsp3) is 0.0800. The van der Waals surface area contributed by atoms with Gasteiger partial charge in [0.2, 0.25) is 0 Å². The van der Waals surface area contributed by atoms with E-state index in [0.717, 1.165) is 99.9 Å². The van der Waals surface area contributed by atoms with Crippen LogP contribution < -0.4 is 42.1 Å². The lowest BCUT2D eigenvalue weighted by molar-refractivity contribution is -0.141. The summed E-state index contributed by atoms with van der Waals surface area (Å²) in [5.41, 5.74) is 9.90. The molecule has 0 radical (unpaired) electrons. The van der Waals surface area contributed by atoms with Crippen molar-refractivity contribution in [3.05, 3.63) is 409 Å². The average molecular weight is 1980 g/mol. The van der Waals surface area contributed by atoms with Crippen LogP contribution in [-0.4, -0.2) is 104 Å². The van der Waals surface area contributed by atoms with Crippen LogP contribution in [0.1, 0.15) is 109 Å². The highest BCUT2D eigenvalue weighted by Gasteiger charge is 2.32. The van der Waals surface area contributed by atoms with Crippen LogP contribution in [0.2, 0.25) is 25.8 Å². The SMILES string of the molecule is CCc1ccc2[nH]c(C(=O)Nc3ccc(Cl)nc3)cc2c1.Cc1ccc(NC(=O)c2cc3cc(F)ccc3[nH]2)cn1.O=C(Nc1ccc(C(F)(F)F)nc1)c1ccc(F)c(F)c1.O=C(Nc1ccc(Cl)nc1)c1cc2ccccc2[nH]1.O=C(Nc1ccc(Cl)nc1)c1cc2ccccc2s1.O=C(Nc1ccc(Cl)nc1)c1ccc(N2CCCC2)c(F)c1.O=C(Nc1ccc(Cl)nc1)c1ccccc1. The van der Waals surface area contributed by atoms with Gasteiger partial charge in [-0.25, -0.2) is 47.5 Å². The number of benzene rings is 7. The summed E-state index contributed by atoms with van der Waals surface area (Å²) in [5.74, 6) is -5.17. The number of carbonyl (C=O) groups is 7. The number of anilines is 8. The minimum absolute atomic E-state index is 0.00210. The predicted octanol–water partition coefficient (Wildman–Crippen LogP) is 25.3. The summed E-state index contributed by atoms with van der Waals surface area (Å²) in [6, 6.07) is 71.3. The third-order valence-electron chi connectivity index (χ3n) is 19.9. The van der Waals surface area contributed by atoms with Gasteiger partial charge in [-0.3, -0.25) is 38.5 Å². The van der Waals surface area contributed by atoms with Gasteiger partial charge in [-0.05, 0) is 237 Å². The number of aryl methyl sites for hydroxylation is 2. The molecule has 1 fully saturated rings. The second-order valence-corrected chi connectivity index (χ2v) is 32.8. The number of H-pyrrole nitrogens is 3. The standard InChI is InChI=1S/C16H15ClFN3O.C16H14ClN3O.C15H12FN3O.C14H10ClN3O.C14H9ClN2OS.C13H7F5N2O.C12H9ClN2O/c17-15-6-4-12(10-19-15)20-16(22)11-3-5-14(13(18)9-11)21-7-1-2-8-21;1-2-10-3-5-13-11(7-10)8-14(20-13)16(21)19-12-4-6-15(17)18-9-12;1-9-2-4-12(8-17-9)18-15(20)14-7-10-6-11(16)3-5-13(10)19-14;15-13-6-5-10(8-16-13)17-14(19)12-7-9-3-1-2-4-11(9)18-12;15-13-6-5-10(8-16-13)17-14(18)12-7-9-3-1-2-4-11(9)19-12;14-9-3-1-7(5-10(9)15)12(21)20-8-2-4-11(19-6-8)13(16,17)18;13-11-7-6-10(8-14-11)15-12(16)9-4-2-1-3-5-9/h3-6,9-10H,1-2,7-8H2,(H,20,22);3-9,20H,2H2,1H3,(H,19,21);2-8,19H,1H3,(H,18,20);1-8,18H,(H,17,19);1-8H,(H,17,18);1-6H,(H,20,21);1-8H,(H,15,16). The zero-order valence-electron chi connectivity index (χ0n) is 72.3. The molecule has 38 heteroatoms. The Balaban J connectivity index is 0.000000136. The number of amides is 7. The first-order chi connectivity index (χ1) is 66.4. The van der Waals surface area contributed by atoms with Crippen molar-refractivity contribution in [3.8, 4) is 0 Å². The summed E-state index contributed by atoms with van der Waals surface area (Å²) in [6.07, 6.45) is 8.50. The van der Waals surface area contributed by atoms with E-state index < -0.39 is 29.4 Å². The van der Waals surface area contributed by atoms with Gasteiger partial charge in [-0.1, -0.05) is 126 Å². The number of alkyl halides is 3. The lowest BCUT2D eigenvalue weighted by atomic mass is 10.1. The molecule has 11 aromatic heterocycles. The van der Waals surface area contributed by atoms with Crippen LogP contribution in [0.4, 0.5) is 76.2 Å². The molecular formula is C100H76Cl5F7N18O7S. The second kappa shape index (κ2) is 47.4. The predicted molar refractivity (Wildman–Crippen MR) is 527 cm³/mol. The number of para-hydroxylation sites is 1. The van der Waals surface area contributed by atoms with Crippen LogP contribution in [0.25, 0.3) is 42.8 Å². The van der Waals surface area contributed by atoms with Crippen molar-refractivity contribution in [1.82, 2.24) is 49.8 Å². The number of fused-ring (bicyclic) bond motifs is 4. The molecule has 0 aliphatic carbocycles. The van der Waals surface area contributed by atoms with Crippen molar-refractivity contribution in [1.29, 1.82) is 0 Å². The number of carbonyl (C=O) groups excluding carboxylic acids is 7. The summed E-state index contributed by atoms with van der Waals surface area (Å²) in [6.45, 7) is 5.70. The van der Waals surface area contributed by atoms with E-state index in [1.807, 2.05) is 109 Å². The van der Waals surface area contributed by atoms with E-state index in [-0.39, 0.29) is 63.9 Å². The fourth-order valence-corrected chi connectivity index (χ4v) is 14.5. The maximum absolute atomic E-state index is 14.2. The second-order valence-electron chi connectivity index (χ2n) is 29.8. The van der Waals surface area contributed by atoms with Crippen molar-refractivity contribution in [2.24, 2.45) is 0 Å². The lowest BCUT2D eigenvalue weighted by Crippen LogP contribution is -2.19. The van der Waals surface area contributed by atoms with Crippen molar-refractivity contribution < 1.29 is 64.3 Å². The summed E-state index contributed by atoms with van der Waals surface area (Å²) in [7, 11) is 0. The topological polar surface area (TPSA) is 345 Å². The van der Waals surface area contributed by atoms with E-state index >= 15 is 0 Å². The largest absolute Gasteiger partial charge is 0.433 e. The highest BCUT2D eigenvalue weighted by Crippen LogP contribution is 2.32. The Morgan fingerprint density at radius 3 is 1.19 bits per heavy atom. The quantitative estimate of drug-likeness (QED) is 0.0317. The molecule has 0 bridgehead atoms. The van der Waals surface area contributed by atoms with Crippen LogP contribution in [0.5, 0.6) is 0 Å². The molecule has 698 valence electrons. The van der Waals surface area contributed by atoms with Crippen molar-refractivity contribution >= 4 is 199 Å². The number of hydrogen-bond donors (Lipinski definition) is 10. The first kappa shape index (κ1) is 99.7. The first-order valence-corrected chi connectivity index (χ1v) is 44.3. The molecule has 10 N–H and O–H groups in total. The van der Waals surface area contributed by atoms with Gasteiger partial charge in [0.15, 0.2) is 11.6 Å². The Morgan fingerprint density at radius 2 is 0.754 bits per heavy atom. The molecule has 7 aromatic carbocycles. The van der Waals surface area contributed by atoms with Crippen LogP contribution in [0.3, 0.4) is 0 Å². The number of rotatable bonds is 16. The molecule has 0 unspecified atom stereocenters. The number of thiophene rings is 1. The van der Waals surface area contributed by atoms with Gasteiger partial charge in [-0.2, -0.15) is 13.2 Å². The van der Waals surface area contributed by atoms with Gasteiger partial charge in [0.05, 0.1) is 93.8 Å². The Labute approximate surface area is 811 Å². The number of pyridine rings is 7. The number of nitrogens with zero attached hydrogens (tertiary/aromatic N) is 8. The summed E-state index contributed by atoms with van der Waals surface area (Å²) >= 11 is 29.9. The average Bonchev–Trinajstić information content (AvgIpc) is 1.68. The fourth-order valence-electron chi connectivity index (χ4n) is 13.0. The van der Waals surface area contributed by atoms with E-state index in [9.17, 15) is 64.3 Å². The van der Waals surface area contributed by atoms with Crippen LogP contribution in [0.15, 0.2) is 304 Å². The minimum Gasteiger partial charge on any atom is -0.369 e. The normalized spacial score (nSPS) is 11.2. The molecular weight excluding hydrogens is 1910 g/mol.